The van der Waals surface area contributed by atoms with Gasteiger partial charge in [-0.15, -0.1) is 0 Å². The number of nitrogens with zero attached hydrogens (tertiary/aromatic N) is 3. The Hall–Kier alpha value is -1.39. The second-order valence-corrected chi connectivity index (χ2v) is 6.43. The standard InChI is InChI=1S/C15H21ClN4/c1-10-11(2)20(9-18-10)14-6-12(13(16)8-17-14)7-19-15(3,4)5/h6,8-9,19H,7H2,1-5H3. The molecule has 0 saturated carbocycles. The molecule has 0 aliphatic heterocycles. The van der Waals surface area contributed by atoms with Crippen LogP contribution in [0.15, 0.2) is 18.6 Å². The van der Waals surface area contributed by atoms with Gasteiger partial charge < -0.3 is 5.32 Å². The topological polar surface area (TPSA) is 42.7 Å². The van der Waals surface area contributed by atoms with Gasteiger partial charge in [0.15, 0.2) is 0 Å². The Morgan fingerprint density at radius 1 is 1.25 bits per heavy atom. The molecular weight excluding hydrogens is 272 g/mol. The van der Waals surface area contributed by atoms with Crippen molar-refractivity contribution >= 4 is 11.6 Å². The van der Waals surface area contributed by atoms with Crippen LogP contribution in [0.4, 0.5) is 0 Å². The third-order valence-electron chi connectivity index (χ3n) is 3.23. The van der Waals surface area contributed by atoms with Crippen LogP contribution >= 0.6 is 11.6 Å². The lowest BCUT2D eigenvalue weighted by atomic mass is 10.1. The lowest BCUT2D eigenvalue weighted by Crippen LogP contribution is -2.35. The van der Waals surface area contributed by atoms with E-state index in [1.807, 2.05) is 24.5 Å². The van der Waals surface area contributed by atoms with Crippen molar-refractivity contribution in [2.75, 3.05) is 0 Å². The summed E-state index contributed by atoms with van der Waals surface area (Å²) in [4.78, 5) is 8.70. The summed E-state index contributed by atoms with van der Waals surface area (Å²) in [6, 6.07) is 2.01. The van der Waals surface area contributed by atoms with Crippen LogP contribution in [-0.2, 0) is 6.54 Å². The van der Waals surface area contributed by atoms with Crippen LogP contribution in [0.1, 0.15) is 37.7 Å². The molecule has 0 saturated heterocycles. The highest BCUT2D eigenvalue weighted by Crippen LogP contribution is 2.20. The Morgan fingerprint density at radius 2 is 1.95 bits per heavy atom. The molecule has 0 aromatic carbocycles. The third kappa shape index (κ3) is 3.38. The number of rotatable bonds is 3. The summed E-state index contributed by atoms with van der Waals surface area (Å²) >= 11 is 6.23. The Balaban J connectivity index is 2.31. The van der Waals surface area contributed by atoms with Crippen LogP contribution in [0.25, 0.3) is 5.82 Å². The van der Waals surface area contributed by atoms with Crippen LogP contribution < -0.4 is 5.32 Å². The van der Waals surface area contributed by atoms with E-state index in [1.54, 1.807) is 12.5 Å². The van der Waals surface area contributed by atoms with Gasteiger partial charge in [-0.1, -0.05) is 11.6 Å². The first-order valence-corrected chi connectivity index (χ1v) is 7.06. The quantitative estimate of drug-likeness (QED) is 0.942. The van der Waals surface area contributed by atoms with Crippen molar-refractivity contribution in [2.24, 2.45) is 0 Å². The highest BCUT2D eigenvalue weighted by Gasteiger charge is 2.12. The van der Waals surface area contributed by atoms with Gasteiger partial charge in [-0.25, -0.2) is 9.97 Å². The van der Waals surface area contributed by atoms with Crippen molar-refractivity contribution in [3.63, 3.8) is 0 Å². The SMILES string of the molecule is Cc1ncn(-c2cc(CNC(C)(C)C)c(Cl)cn2)c1C. The van der Waals surface area contributed by atoms with E-state index in [-0.39, 0.29) is 5.54 Å². The van der Waals surface area contributed by atoms with Crippen molar-refractivity contribution in [1.29, 1.82) is 0 Å². The van der Waals surface area contributed by atoms with Gasteiger partial charge in [0.25, 0.3) is 0 Å². The van der Waals surface area contributed by atoms with Gasteiger partial charge in [0.2, 0.25) is 0 Å². The largest absolute Gasteiger partial charge is 0.308 e. The Kier molecular flexibility index (Phi) is 4.16. The lowest BCUT2D eigenvalue weighted by molar-refractivity contribution is 0.424. The summed E-state index contributed by atoms with van der Waals surface area (Å²) in [5.74, 6) is 0.846. The second kappa shape index (κ2) is 5.54. The molecule has 0 spiro atoms. The smallest absolute Gasteiger partial charge is 0.138 e. The maximum atomic E-state index is 6.23. The summed E-state index contributed by atoms with van der Waals surface area (Å²) in [6.07, 6.45) is 3.49. The predicted octanol–water partition coefficient (Wildman–Crippen LogP) is 3.43. The molecule has 20 heavy (non-hydrogen) atoms. The normalized spacial score (nSPS) is 11.9. The molecule has 5 heteroatoms. The molecule has 2 aromatic heterocycles. The lowest BCUT2D eigenvalue weighted by Gasteiger charge is -2.21. The average Bonchev–Trinajstić information content (AvgIpc) is 2.68. The molecule has 0 aliphatic rings. The molecule has 2 aromatic rings. The van der Waals surface area contributed by atoms with Crippen molar-refractivity contribution in [1.82, 2.24) is 19.9 Å². The minimum atomic E-state index is 0.0499. The number of hydrogen-bond donors (Lipinski definition) is 1. The first-order chi connectivity index (χ1) is 9.28. The van der Waals surface area contributed by atoms with Crippen LogP contribution in [0.5, 0.6) is 0 Å². The van der Waals surface area contributed by atoms with Gasteiger partial charge in [0.05, 0.1) is 10.7 Å². The van der Waals surface area contributed by atoms with Gasteiger partial charge in [-0.2, -0.15) is 0 Å². The summed E-state index contributed by atoms with van der Waals surface area (Å²) in [6.45, 7) is 11.1. The van der Waals surface area contributed by atoms with Crippen LogP contribution in [-0.4, -0.2) is 20.1 Å². The highest BCUT2D eigenvalue weighted by molar-refractivity contribution is 6.31. The minimum Gasteiger partial charge on any atom is -0.308 e. The number of imidazole rings is 1. The van der Waals surface area contributed by atoms with E-state index < -0.39 is 0 Å². The van der Waals surface area contributed by atoms with E-state index in [2.05, 4.69) is 36.1 Å². The number of aromatic nitrogens is 3. The van der Waals surface area contributed by atoms with Gasteiger partial charge in [0, 0.05) is 24.0 Å². The molecule has 0 fully saturated rings. The van der Waals surface area contributed by atoms with Gasteiger partial charge in [0.1, 0.15) is 12.1 Å². The molecule has 108 valence electrons. The molecule has 1 N–H and O–H groups in total. The van der Waals surface area contributed by atoms with Crippen LogP contribution in [0.3, 0.4) is 0 Å². The van der Waals surface area contributed by atoms with Crippen molar-refractivity contribution < 1.29 is 0 Å². The first kappa shape index (κ1) is 15.0. The number of halogens is 1. The van der Waals surface area contributed by atoms with Gasteiger partial charge in [-0.05, 0) is 46.2 Å². The zero-order valence-electron chi connectivity index (χ0n) is 12.7. The van der Waals surface area contributed by atoms with Crippen molar-refractivity contribution in [3.05, 3.63) is 40.6 Å². The number of pyridine rings is 1. The van der Waals surface area contributed by atoms with E-state index in [0.717, 1.165) is 22.8 Å². The summed E-state index contributed by atoms with van der Waals surface area (Å²) in [7, 11) is 0. The minimum absolute atomic E-state index is 0.0499. The molecule has 2 rings (SSSR count). The molecular formula is C15H21ClN4. The number of hydrogen-bond acceptors (Lipinski definition) is 3. The average molecular weight is 293 g/mol. The van der Waals surface area contributed by atoms with Crippen LogP contribution in [0, 0.1) is 13.8 Å². The maximum absolute atomic E-state index is 6.23. The van der Waals surface area contributed by atoms with Crippen LogP contribution in [0.2, 0.25) is 5.02 Å². The van der Waals surface area contributed by atoms with Gasteiger partial charge >= 0.3 is 0 Å². The van der Waals surface area contributed by atoms with E-state index in [4.69, 9.17) is 11.6 Å². The summed E-state index contributed by atoms with van der Waals surface area (Å²) in [5.41, 5.74) is 3.19. The highest BCUT2D eigenvalue weighted by atomic mass is 35.5. The zero-order valence-corrected chi connectivity index (χ0v) is 13.4. The van der Waals surface area contributed by atoms with E-state index in [0.29, 0.717) is 11.6 Å². The fraction of sp³-hybridized carbons (Fsp3) is 0.467. The molecule has 0 atom stereocenters. The number of nitrogens with one attached hydrogen (secondary N) is 1. The summed E-state index contributed by atoms with van der Waals surface area (Å²) < 4.78 is 1.98. The zero-order chi connectivity index (χ0) is 14.9. The molecule has 0 aliphatic carbocycles. The number of aryl methyl sites for hydroxylation is 1. The fourth-order valence-electron chi connectivity index (χ4n) is 1.83. The fourth-order valence-corrected chi connectivity index (χ4v) is 2.00. The molecule has 0 bridgehead atoms. The van der Waals surface area contributed by atoms with E-state index >= 15 is 0 Å². The van der Waals surface area contributed by atoms with E-state index in [1.165, 1.54) is 0 Å². The predicted molar refractivity (Wildman–Crippen MR) is 82.4 cm³/mol. The van der Waals surface area contributed by atoms with Gasteiger partial charge in [-0.3, -0.25) is 4.57 Å². The molecule has 0 unspecified atom stereocenters. The maximum Gasteiger partial charge on any atom is 0.138 e. The second-order valence-electron chi connectivity index (χ2n) is 6.02. The third-order valence-corrected chi connectivity index (χ3v) is 3.57. The Bertz CT molecular complexity index is 611. The Labute approximate surface area is 125 Å². The monoisotopic (exact) mass is 292 g/mol. The molecule has 4 nitrogen and oxygen atoms in total. The Morgan fingerprint density at radius 3 is 2.50 bits per heavy atom. The first-order valence-electron chi connectivity index (χ1n) is 6.68. The van der Waals surface area contributed by atoms with Crippen molar-refractivity contribution in [2.45, 2.75) is 46.7 Å². The molecule has 0 amide bonds. The molecule has 0 radical (unpaired) electrons. The molecule has 2 heterocycles. The van der Waals surface area contributed by atoms with E-state index in [9.17, 15) is 0 Å². The van der Waals surface area contributed by atoms with Crippen molar-refractivity contribution in [3.8, 4) is 5.82 Å². The summed E-state index contributed by atoms with van der Waals surface area (Å²) in [5, 5.41) is 4.12.